The van der Waals surface area contributed by atoms with Crippen LogP contribution in [-0.4, -0.2) is 53.2 Å². The van der Waals surface area contributed by atoms with Crippen molar-refractivity contribution in [1.29, 1.82) is 0 Å². The van der Waals surface area contributed by atoms with Crippen LogP contribution in [0.25, 0.3) is 11.1 Å². The molecular weight excluding hydrogens is 444 g/mol. The molecule has 35 heavy (non-hydrogen) atoms. The van der Waals surface area contributed by atoms with Crippen molar-refractivity contribution >= 4 is 18.0 Å². The highest BCUT2D eigenvalue weighted by Crippen LogP contribution is 2.44. The maximum atomic E-state index is 13.3. The normalized spacial score (nSPS) is 19.8. The van der Waals surface area contributed by atoms with E-state index in [0.717, 1.165) is 24.0 Å². The van der Waals surface area contributed by atoms with Gasteiger partial charge in [0, 0.05) is 18.0 Å². The molecule has 186 valence electrons. The smallest absolute Gasteiger partial charge is 0.407 e. The summed E-state index contributed by atoms with van der Waals surface area (Å²) in [6, 6.07) is 15.8. The number of nitrogens with zero attached hydrogens (tertiary/aromatic N) is 1. The SMILES string of the molecule is CCC(C)N(CC(=O)O)C(=O)[C@H]1CCCC[C@H]1NC(=O)OCC1c2ccccc2-c2ccccc21. The molecule has 2 N–H and O–H groups in total. The van der Waals surface area contributed by atoms with Crippen LogP contribution in [0.1, 0.15) is 63.0 Å². The Hall–Kier alpha value is -3.35. The standard InChI is InChI=1S/C28H34N2O5/c1-3-18(2)30(16-26(31)32)27(33)23-14-8-9-15-25(23)29-28(34)35-17-24-21-12-6-4-10-19(21)20-11-5-7-13-22(20)24/h4-7,10-13,18,23-25H,3,8-9,14-17H2,1-2H3,(H,29,34)(H,31,32)/t18?,23-,25+/m0/s1. The highest BCUT2D eigenvalue weighted by molar-refractivity contribution is 5.84. The molecule has 0 saturated heterocycles. The third kappa shape index (κ3) is 5.34. The van der Waals surface area contributed by atoms with Crippen molar-refractivity contribution in [3.8, 4) is 11.1 Å². The van der Waals surface area contributed by atoms with Gasteiger partial charge >= 0.3 is 12.1 Å². The van der Waals surface area contributed by atoms with Gasteiger partial charge in [-0.15, -0.1) is 0 Å². The maximum Gasteiger partial charge on any atom is 0.407 e. The molecule has 2 amide bonds. The van der Waals surface area contributed by atoms with Gasteiger partial charge in [-0.25, -0.2) is 4.79 Å². The molecule has 2 aliphatic carbocycles. The zero-order chi connectivity index (χ0) is 24.9. The van der Waals surface area contributed by atoms with E-state index in [2.05, 4.69) is 29.6 Å². The number of aliphatic carboxylic acids is 1. The van der Waals surface area contributed by atoms with Gasteiger partial charge in [-0.05, 0) is 48.4 Å². The van der Waals surface area contributed by atoms with Gasteiger partial charge < -0.3 is 20.1 Å². The average molecular weight is 479 g/mol. The highest BCUT2D eigenvalue weighted by Gasteiger charge is 2.37. The fraction of sp³-hybridized carbons (Fsp3) is 0.464. The Balaban J connectivity index is 1.42. The van der Waals surface area contributed by atoms with Crippen LogP contribution in [0.5, 0.6) is 0 Å². The molecule has 1 fully saturated rings. The van der Waals surface area contributed by atoms with E-state index in [1.165, 1.54) is 16.0 Å². The Bertz CT molecular complexity index is 1040. The molecule has 0 aromatic heterocycles. The quantitative estimate of drug-likeness (QED) is 0.568. The zero-order valence-electron chi connectivity index (χ0n) is 20.4. The van der Waals surface area contributed by atoms with Gasteiger partial charge in [0.05, 0.1) is 5.92 Å². The topological polar surface area (TPSA) is 95.9 Å². The number of carboxylic acids is 1. The third-order valence-corrected chi connectivity index (χ3v) is 7.44. The summed E-state index contributed by atoms with van der Waals surface area (Å²) < 4.78 is 5.70. The second-order valence-electron chi connectivity index (χ2n) is 9.58. The van der Waals surface area contributed by atoms with Crippen LogP contribution in [0.15, 0.2) is 48.5 Å². The molecule has 0 radical (unpaired) electrons. The molecule has 0 bridgehead atoms. The van der Waals surface area contributed by atoms with E-state index in [9.17, 15) is 19.5 Å². The van der Waals surface area contributed by atoms with Gasteiger partial charge in [-0.3, -0.25) is 9.59 Å². The first-order valence-corrected chi connectivity index (χ1v) is 12.5. The summed E-state index contributed by atoms with van der Waals surface area (Å²) in [5.74, 6) is -1.72. The minimum absolute atomic E-state index is 0.0339. The van der Waals surface area contributed by atoms with Crippen molar-refractivity contribution in [3.05, 3.63) is 59.7 Å². The Labute approximate surface area is 206 Å². The summed E-state index contributed by atoms with van der Waals surface area (Å²) in [5, 5.41) is 12.2. The van der Waals surface area contributed by atoms with Crippen molar-refractivity contribution in [2.45, 2.75) is 64.0 Å². The van der Waals surface area contributed by atoms with Crippen LogP contribution in [0.4, 0.5) is 4.79 Å². The van der Waals surface area contributed by atoms with Gasteiger partial charge in [0.25, 0.3) is 0 Å². The van der Waals surface area contributed by atoms with Gasteiger partial charge in [0.15, 0.2) is 0 Å². The molecule has 7 nitrogen and oxygen atoms in total. The number of ether oxygens (including phenoxy) is 1. The van der Waals surface area contributed by atoms with E-state index in [-0.39, 0.29) is 37.1 Å². The Morgan fingerprint density at radius 2 is 1.63 bits per heavy atom. The van der Waals surface area contributed by atoms with Gasteiger partial charge in [0.1, 0.15) is 13.2 Å². The molecule has 0 aliphatic heterocycles. The third-order valence-electron chi connectivity index (χ3n) is 7.44. The first-order chi connectivity index (χ1) is 16.9. The van der Waals surface area contributed by atoms with E-state index in [1.807, 2.05) is 38.1 Å². The fourth-order valence-electron chi connectivity index (χ4n) is 5.42. The van der Waals surface area contributed by atoms with Gasteiger partial charge in [-0.2, -0.15) is 0 Å². The van der Waals surface area contributed by atoms with Crippen molar-refractivity contribution in [2.24, 2.45) is 5.92 Å². The molecular formula is C28H34N2O5. The largest absolute Gasteiger partial charge is 0.480 e. The predicted octanol–water partition coefficient (Wildman–Crippen LogP) is 4.80. The second kappa shape index (κ2) is 10.9. The highest BCUT2D eigenvalue weighted by atomic mass is 16.5. The number of hydrogen-bond acceptors (Lipinski definition) is 4. The van der Waals surface area contributed by atoms with Crippen molar-refractivity contribution in [1.82, 2.24) is 10.2 Å². The number of fused-ring (bicyclic) bond motifs is 3. The first-order valence-electron chi connectivity index (χ1n) is 12.5. The van der Waals surface area contributed by atoms with E-state index >= 15 is 0 Å². The molecule has 0 heterocycles. The monoisotopic (exact) mass is 478 g/mol. The van der Waals surface area contributed by atoms with Crippen LogP contribution in [0.3, 0.4) is 0 Å². The molecule has 2 aliphatic rings. The summed E-state index contributed by atoms with van der Waals surface area (Å²) in [4.78, 5) is 39.0. The molecule has 2 aromatic carbocycles. The molecule has 0 spiro atoms. The van der Waals surface area contributed by atoms with Crippen molar-refractivity contribution in [3.63, 3.8) is 0 Å². The lowest BCUT2D eigenvalue weighted by molar-refractivity contribution is -0.149. The number of carbonyl (C=O) groups is 3. The Morgan fingerprint density at radius 1 is 1.03 bits per heavy atom. The van der Waals surface area contributed by atoms with Crippen LogP contribution >= 0.6 is 0 Å². The van der Waals surface area contributed by atoms with Crippen LogP contribution < -0.4 is 5.32 Å². The van der Waals surface area contributed by atoms with E-state index in [4.69, 9.17) is 4.74 Å². The number of nitrogens with one attached hydrogen (secondary N) is 1. The Kier molecular flexibility index (Phi) is 7.73. The van der Waals surface area contributed by atoms with E-state index in [0.29, 0.717) is 19.3 Å². The maximum absolute atomic E-state index is 13.3. The number of hydrogen-bond donors (Lipinski definition) is 2. The van der Waals surface area contributed by atoms with E-state index < -0.39 is 18.0 Å². The summed E-state index contributed by atoms with van der Waals surface area (Å²) in [5.41, 5.74) is 4.62. The van der Waals surface area contributed by atoms with Crippen molar-refractivity contribution in [2.75, 3.05) is 13.2 Å². The number of carbonyl (C=O) groups excluding carboxylic acids is 2. The first kappa shape index (κ1) is 24.8. The minimum Gasteiger partial charge on any atom is -0.480 e. The lowest BCUT2D eigenvalue weighted by Gasteiger charge is -2.36. The number of amides is 2. The van der Waals surface area contributed by atoms with Crippen LogP contribution in [0, 0.1) is 5.92 Å². The number of carboxylic acid groups (broad SMARTS) is 1. The zero-order valence-corrected chi connectivity index (χ0v) is 20.4. The number of alkyl carbamates (subject to hydrolysis) is 1. The van der Waals surface area contributed by atoms with Gasteiger partial charge in [0.2, 0.25) is 5.91 Å². The molecule has 1 unspecified atom stereocenters. The van der Waals surface area contributed by atoms with Gasteiger partial charge in [-0.1, -0.05) is 68.3 Å². The minimum atomic E-state index is -1.03. The molecule has 4 rings (SSSR count). The van der Waals surface area contributed by atoms with Crippen LogP contribution in [-0.2, 0) is 14.3 Å². The van der Waals surface area contributed by atoms with Crippen LogP contribution in [0.2, 0.25) is 0 Å². The summed E-state index contributed by atoms with van der Waals surface area (Å²) in [6.45, 7) is 3.67. The molecule has 1 saturated carbocycles. The molecule has 2 aromatic rings. The summed E-state index contributed by atoms with van der Waals surface area (Å²) in [6.07, 6.45) is 3.20. The number of benzene rings is 2. The number of rotatable bonds is 8. The molecule has 7 heteroatoms. The molecule has 3 atom stereocenters. The lowest BCUT2D eigenvalue weighted by Crippen LogP contribution is -2.52. The van der Waals surface area contributed by atoms with E-state index in [1.54, 1.807) is 0 Å². The second-order valence-corrected chi connectivity index (χ2v) is 9.58. The Morgan fingerprint density at radius 3 is 2.23 bits per heavy atom. The fourth-order valence-corrected chi connectivity index (χ4v) is 5.42. The summed E-state index contributed by atoms with van der Waals surface area (Å²) in [7, 11) is 0. The summed E-state index contributed by atoms with van der Waals surface area (Å²) >= 11 is 0. The average Bonchev–Trinajstić information content (AvgIpc) is 3.19. The van der Waals surface area contributed by atoms with Crippen molar-refractivity contribution < 1.29 is 24.2 Å². The predicted molar refractivity (Wildman–Crippen MR) is 133 cm³/mol. The lowest BCUT2D eigenvalue weighted by atomic mass is 9.83.